The Morgan fingerprint density at radius 3 is 2.64 bits per heavy atom. The Morgan fingerprint density at radius 1 is 1.43 bits per heavy atom. The molecular weight excluding hydrogens is 181 g/mol. The summed E-state index contributed by atoms with van der Waals surface area (Å²) in [6.45, 7) is 2.62. The highest BCUT2D eigenvalue weighted by atomic mass is 19.1. The third-order valence-electron chi connectivity index (χ3n) is 2.16. The average Bonchev–Trinajstić information content (AvgIpc) is 2.18. The summed E-state index contributed by atoms with van der Waals surface area (Å²) in [6, 6.07) is 3.50. The Balaban J connectivity index is 3.13. The molecule has 1 aromatic carbocycles. The molecule has 14 heavy (non-hydrogen) atoms. The van der Waals surface area contributed by atoms with E-state index in [-0.39, 0.29) is 5.82 Å². The summed E-state index contributed by atoms with van der Waals surface area (Å²) in [4.78, 5) is 0. The van der Waals surface area contributed by atoms with E-state index in [0.29, 0.717) is 12.3 Å². The molecule has 0 atom stereocenters. The number of hydrogen-bond acceptors (Lipinski definition) is 2. The zero-order valence-corrected chi connectivity index (χ0v) is 8.86. The molecule has 1 rings (SSSR count). The van der Waals surface area contributed by atoms with E-state index in [1.165, 1.54) is 13.2 Å². The zero-order chi connectivity index (χ0) is 10.6. The lowest BCUT2D eigenvalue weighted by Crippen LogP contribution is -2.08. The number of aryl methyl sites for hydroxylation is 1. The summed E-state index contributed by atoms with van der Waals surface area (Å²) in [7, 11) is 3.32. The van der Waals surface area contributed by atoms with Crippen LogP contribution in [0, 0.1) is 5.82 Å². The zero-order valence-electron chi connectivity index (χ0n) is 8.86. The predicted molar refractivity (Wildman–Crippen MR) is 55.1 cm³/mol. The van der Waals surface area contributed by atoms with Crippen molar-refractivity contribution in [3.63, 3.8) is 0 Å². The number of hydrogen-bond donors (Lipinski definition) is 1. The Labute approximate surface area is 84.1 Å². The van der Waals surface area contributed by atoms with Crippen molar-refractivity contribution in [2.75, 3.05) is 14.2 Å². The molecule has 3 heteroatoms. The first kappa shape index (κ1) is 11.0. The van der Waals surface area contributed by atoms with Crippen LogP contribution < -0.4 is 10.1 Å². The van der Waals surface area contributed by atoms with Crippen LogP contribution in [-0.2, 0) is 13.0 Å². The second kappa shape index (κ2) is 4.96. The van der Waals surface area contributed by atoms with Gasteiger partial charge in [-0.05, 0) is 25.1 Å². The normalized spacial score (nSPS) is 10.3. The fraction of sp³-hybridized carbons (Fsp3) is 0.455. The first-order chi connectivity index (χ1) is 6.72. The van der Waals surface area contributed by atoms with Gasteiger partial charge in [0.05, 0.1) is 7.11 Å². The molecule has 0 bridgehead atoms. The second-order valence-electron chi connectivity index (χ2n) is 3.15. The van der Waals surface area contributed by atoms with E-state index < -0.39 is 0 Å². The monoisotopic (exact) mass is 197 g/mol. The maximum Gasteiger partial charge on any atom is 0.165 e. The summed E-state index contributed by atoms with van der Waals surface area (Å²) in [5, 5.41) is 2.99. The van der Waals surface area contributed by atoms with Gasteiger partial charge < -0.3 is 10.1 Å². The van der Waals surface area contributed by atoms with Crippen molar-refractivity contribution in [3.05, 3.63) is 29.1 Å². The van der Waals surface area contributed by atoms with Crippen molar-refractivity contribution in [2.24, 2.45) is 0 Å². The summed E-state index contributed by atoms with van der Waals surface area (Å²) < 4.78 is 18.5. The minimum absolute atomic E-state index is 0.280. The Morgan fingerprint density at radius 2 is 2.14 bits per heavy atom. The Kier molecular flexibility index (Phi) is 3.89. The van der Waals surface area contributed by atoms with Crippen LogP contribution in [0.2, 0.25) is 0 Å². The lowest BCUT2D eigenvalue weighted by atomic mass is 10.1. The van der Waals surface area contributed by atoms with Crippen molar-refractivity contribution >= 4 is 0 Å². The molecule has 2 nitrogen and oxygen atoms in total. The van der Waals surface area contributed by atoms with E-state index in [9.17, 15) is 4.39 Å². The molecule has 0 radical (unpaired) electrons. The smallest absolute Gasteiger partial charge is 0.165 e. The molecule has 0 aliphatic rings. The van der Waals surface area contributed by atoms with Gasteiger partial charge in [0.25, 0.3) is 0 Å². The largest absolute Gasteiger partial charge is 0.493 e. The van der Waals surface area contributed by atoms with Gasteiger partial charge in [0.1, 0.15) is 0 Å². The van der Waals surface area contributed by atoms with Gasteiger partial charge in [0.2, 0.25) is 0 Å². The molecule has 0 heterocycles. The molecular formula is C11H16FNO. The van der Waals surface area contributed by atoms with Crippen molar-refractivity contribution in [2.45, 2.75) is 19.9 Å². The summed E-state index contributed by atoms with van der Waals surface area (Å²) in [6.07, 6.45) is 0.831. The van der Waals surface area contributed by atoms with Crippen LogP contribution in [0.1, 0.15) is 18.1 Å². The maximum atomic E-state index is 13.5. The molecule has 0 saturated carbocycles. The van der Waals surface area contributed by atoms with Gasteiger partial charge >= 0.3 is 0 Å². The maximum absolute atomic E-state index is 13.5. The van der Waals surface area contributed by atoms with Gasteiger partial charge in [0.15, 0.2) is 11.6 Å². The first-order valence-electron chi connectivity index (χ1n) is 4.72. The quantitative estimate of drug-likeness (QED) is 0.798. The molecule has 0 spiro atoms. The Hall–Kier alpha value is -1.09. The molecule has 0 unspecified atom stereocenters. The van der Waals surface area contributed by atoms with E-state index in [4.69, 9.17) is 4.74 Å². The van der Waals surface area contributed by atoms with Gasteiger partial charge in [-0.25, -0.2) is 4.39 Å². The van der Waals surface area contributed by atoms with Crippen LogP contribution in [0.15, 0.2) is 12.1 Å². The molecule has 0 fully saturated rings. The lowest BCUT2D eigenvalue weighted by Gasteiger charge is -2.10. The van der Waals surface area contributed by atoms with Crippen LogP contribution in [0.4, 0.5) is 4.39 Å². The minimum Gasteiger partial charge on any atom is -0.493 e. The van der Waals surface area contributed by atoms with E-state index >= 15 is 0 Å². The minimum atomic E-state index is -0.280. The number of rotatable bonds is 4. The standard InChI is InChI=1S/C11H16FNO/c1-4-8-5-9(7-13-2)11(14-3)10(12)6-8/h5-6,13H,4,7H2,1-3H3. The number of benzene rings is 1. The molecule has 0 aromatic heterocycles. The SMILES string of the molecule is CCc1cc(F)c(OC)c(CNC)c1. The van der Waals surface area contributed by atoms with Crippen molar-refractivity contribution in [1.82, 2.24) is 5.32 Å². The van der Waals surface area contributed by atoms with Gasteiger partial charge in [0, 0.05) is 12.1 Å². The number of ether oxygens (including phenoxy) is 1. The van der Waals surface area contributed by atoms with Crippen LogP contribution in [0.3, 0.4) is 0 Å². The third-order valence-corrected chi connectivity index (χ3v) is 2.16. The number of methoxy groups -OCH3 is 1. The molecule has 1 N–H and O–H groups in total. The fourth-order valence-corrected chi connectivity index (χ4v) is 1.47. The van der Waals surface area contributed by atoms with E-state index in [1.807, 2.05) is 20.0 Å². The second-order valence-corrected chi connectivity index (χ2v) is 3.15. The lowest BCUT2D eigenvalue weighted by molar-refractivity contribution is 0.380. The highest BCUT2D eigenvalue weighted by Gasteiger charge is 2.09. The van der Waals surface area contributed by atoms with Gasteiger partial charge in [-0.1, -0.05) is 13.0 Å². The highest BCUT2D eigenvalue weighted by molar-refractivity contribution is 5.38. The average molecular weight is 197 g/mol. The summed E-state index contributed by atoms with van der Waals surface area (Å²) in [5.41, 5.74) is 1.86. The molecule has 78 valence electrons. The van der Waals surface area contributed by atoms with Gasteiger partial charge in [-0.2, -0.15) is 0 Å². The molecule has 0 saturated heterocycles. The van der Waals surface area contributed by atoms with E-state index in [2.05, 4.69) is 5.32 Å². The van der Waals surface area contributed by atoms with Gasteiger partial charge in [-0.15, -0.1) is 0 Å². The highest BCUT2D eigenvalue weighted by Crippen LogP contribution is 2.24. The van der Waals surface area contributed by atoms with Crippen LogP contribution in [0.25, 0.3) is 0 Å². The number of nitrogens with one attached hydrogen (secondary N) is 1. The van der Waals surface area contributed by atoms with Crippen molar-refractivity contribution < 1.29 is 9.13 Å². The Bertz CT molecular complexity index is 312. The van der Waals surface area contributed by atoms with Crippen molar-refractivity contribution in [3.8, 4) is 5.75 Å². The fourth-order valence-electron chi connectivity index (χ4n) is 1.47. The topological polar surface area (TPSA) is 21.3 Å². The predicted octanol–water partition coefficient (Wildman–Crippen LogP) is 2.12. The van der Waals surface area contributed by atoms with Crippen LogP contribution >= 0.6 is 0 Å². The summed E-state index contributed by atoms with van der Waals surface area (Å²) in [5.74, 6) is 0.0636. The van der Waals surface area contributed by atoms with Crippen LogP contribution in [-0.4, -0.2) is 14.2 Å². The van der Waals surface area contributed by atoms with E-state index in [0.717, 1.165) is 17.5 Å². The molecule has 1 aromatic rings. The molecule has 0 aliphatic heterocycles. The van der Waals surface area contributed by atoms with Gasteiger partial charge in [-0.3, -0.25) is 0 Å². The first-order valence-corrected chi connectivity index (χ1v) is 4.72. The van der Waals surface area contributed by atoms with E-state index in [1.54, 1.807) is 0 Å². The molecule has 0 aliphatic carbocycles. The van der Waals surface area contributed by atoms with Crippen molar-refractivity contribution in [1.29, 1.82) is 0 Å². The third kappa shape index (κ3) is 2.23. The molecule has 0 amide bonds. The van der Waals surface area contributed by atoms with Crippen LogP contribution in [0.5, 0.6) is 5.75 Å². The summed E-state index contributed by atoms with van der Waals surface area (Å²) >= 11 is 0. The number of halogens is 1.